The van der Waals surface area contributed by atoms with Crippen LogP contribution in [0.1, 0.15) is 62.4 Å². The maximum Gasteiger partial charge on any atom is 0.0252 e. The van der Waals surface area contributed by atoms with Crippen molar-refractivity contribution in [3.63, 3.8) is 0 Å². The molecule has 118 valence electrons. The topological polar surface area (TPSA) is 0 Å². The first-order valence-corrected chi connectivity index (χ1v) is 8.46. The first-order valence-electron chi connectivity index (χ1n) is 8.46. The summed E-state index contributed by atoms with van der Waals surface area (Å²) in [6.45, 7) is 13.9. The lowest BCUT2D eigenvalue weighted by Crippen LogP contribution is -2.30. The van der Waals surface area contributed by atoms with Crippen LogP contribution in [0, 0.1) is 24.7 Å². The van der Waals surface area contributed by atoms with E-state index < -0.39 is 0 Å². The summed E-state index contributed by atoms with van der Waals surface area (Å²) in [5.41, 5.74) is 6.82. The summed E-state index contributed by atoms with van der Waals surface area (Å²) in [7, 11) is 0. The molecule has 0 aliphatic heterocycles. The monoisotopic (exact) mass is 302 g/mol. The van der Waals surface area contributed by atoms with Gasteiger partial charge in [0.05, 0.1) is 0 Å². The predicted octanol–water partition coefficient (Wildman–Crippen LogP) is 5.60. The molecule has 1 aliphatic rings. The van der Waals surface area contributed by atoms with Gasteiger partial charge in [-0.3, -0.25) is 0 Å². The molecule has 1 atom stereocenters. The van der Waals surface area contributed by atoms with Gasteiger partial charge in [-0.1, -0.05) is 70.2 Å². The Kier molecular flexibility index (Phi) is 3.64. The lowest BCUT2D eigenvalue weighted by molar-refractivity contribution is 0.264. The minimum Gasteiger partial charge on any atom is -0.0617 e. The lowest BCUT2D eigenvalue weighted by atomic mass is 9.71. The summed E-state index contributed by atoms with van der Waals surface area (Å²) in [4.78, 5) is 0. The molecule has 2 aromatic rings. The van der Waals surface area contributed by atoms with Crippen LogP contribution in [-0.4, -0.2) is 0 Å². The fraction of sp³-hybridized carbons (Fsp3) is 0.391. The Labute approximate surface area is 140 Å². The second-order valence-corrected chi connectivity index (χ2v) is 8.04. The van der Waals surface area contributed by atoms with E-state index in [9.17, 15) is 0 Å². The van der Waals surface area contributed by atoms with Crippen molar-refractivity contribution in [1.29, 1.82) is 0 Å². The average molecular weight is 302 g/mol. The molecule has 0 saturated heterocycles. The molecule has 0 bridgehead atoms. The number of fused-ring (bicyclic) bond motifs is 1. The van der Waals surface area contributed by atoms with Gasteiger partial charge < -0.3 is 0 Å². The first kappa shape index (κ1) is 15.9. The molecule has 23 heavy (non-hydrogen) atoms. The van der Waals surface area contributed by atoms with Crippen LogP contribution in [0.5, 0.6) is 0 Å². The van der Waals surface area contributed by atoms with E-state index in [0.29, 0.717) is 5.92 Å². The van der Waals surface area contributed by atoms with E-state index in [4.69, 9.17) is 0 Å². The Bertz CT molecular complexity index is 792. The molecule has 1 unspecified atom stereocenters. The smallest absolute Gasteiger partial charge is 0.0252 e. The highest BCUT2D eigenvalue weighted by Crippen LogP contribution is 2.53. The van der Waals surface area contributed by atoms with Gasteiger partial charge in [-0.2, -0.15) is 0 Å². The van der Waals surface area contributed by atoms with Crippen molar-refractivity contribution in [2.75, 3.05) is 0 Å². The summed E-state index contributed by atoms with van der Waals surface area (Å²) < 4.78 is 0. The highest BCUT2D eigenvalue weighted by molar-refractivity contribution is 5.52. The molecule has 0 fully saturated rings. The van der Waals surface area contributed by atoms with Crippen molar-refractivity contribution in [3.05, 3.63) is 70.3 Å². The van der Waals surface area contributed by atoms with Crippen LogP contribution >= 0.6 is 0 Å². The summed E-state index contributed by atoms with van der Waals surface area (Å²) in [5.74, 6) is 7.24. The van der Waals surface area contributed by atoms with Crippen LogP contribution in [-0.2, 0) is 10.8 Å². The quantitative estimate of drug-likeness (QED) is 0.556. The molecule has 0 nitrogen and oxygen atoms in total. The molecule has 0 spiro atoms. The summed E-state index contributed by atoms with van der Waals surface area (Å²) in [6, 6.07) is 15.2. The zero-order valence-electron chi connectivity index (χ0n) is 15.1. The number of aryl methyl sites for hydroxylation is 1. The molecule has 1 aliphatic carbocycles. The van der Waals surface area contributed by atoms with Gasteiger partial charge in [0.1, 0.15) is 0 Å². The predicted molar refractivity (Wildman–Crippen MR) is 98.8 cm³/mol. The zero-order valence-corrected chi connectivity index (χ0v) is 15.1. The van der Waals surface area contributed by atoms with E-state index in [1.807, 2.05) is 0 Å². The highest BCUT2D eigenvalue weighted by atomic mass is 14.5. The molecule has 2 aromatic carbocycles. The summed E-state index contributed by atoms with van der Waals surface area (Å²) in [6.07, 6.45) is 0. The number of rotatable bonds is 0. The minimum absolute atomic E-state index is 0.195. The van der Waals surface area contributed by atoms with Gasteiger partial charge in [-0.05, 0) is 59.1 Å². The third kappa shape index (κ3) is 2.59. The van der Waals surface area contributed by atoms with Crippen molar-refractivity contribution in [1.82, 2.24) is 0 Å². The fourth-order valence-corrected chi connectivity index (χ4v) is 3.87. The van der Waals surface area contributed by atoms with Crippen LogP contribution in [0.2, 0.25) is 0 Å². The molecule has 0 heterocycles. The number of hydrogen-bond donors (Lipinski definition) is 0. The van der Waals surface area contributed by atoms with Crippen LogP contribution in [0.4, 0.5) is 0 Å². The van der Waals surface area contributed by atoms with Gasteiger partial charge in [0.2, 0.25) is 0 Å². The van der Waals surface area contributed by atoms with E-state index in [2.05, 4.69) is 95.8 Å². The van der Waals surface area contributed by atoms with Crippen LogP contribution in [0.15, 0.2) is 42.5 Å². The standard InChI is InChI=1S/C23H26/c1-16-7-9-18(10-8-16)11-12-19-13-14-20-21(15-19)23(5,6)17(2)22(20,3)4/h7-10,13-15,17H,1-6H3. The largest absolute Gasteiger partial charge is 0.0617 e. The van der Waals surface area contributed by atoms with Crippen molar-refractivity contribution in [2.45, 2.75) is 52.4 Å². The maximum atomic E-state index is 3.34. The third-order valence-electron chi connectivity index (χ3n) is 5.98. The zero-order chi connectivity index (χ0) is 16.8. The molecular weight excluding hydrogens is 276 g/mol. The van der Waals surface area contributed by atoms with Crippen LogP contribution < -0.4 is 0 Å². The Morgan fingerprint density at radius 3 is 1.91 bits per heavy atom. The Hall–Kier alpha value is -2.00. The van der Waals surface area contributed by atoms with Crippen molar-refractivity contribution >= 4 is 0 Å². The van der Waals surface area contributed by atoms with Crippen molar-refractivity contribution in [2.24, 2.45) is 5.92 Å². The second kappa shape index (κ2) is 5.27. The fourth-order valence-electron chi connectivity index (χ4n) is 3.87. The van der Waals surface area contributed by atoms with Gasteiger partial charge >= 0.3 is 0 Å². The molecule has 0 radical (unpaired) electrons. The molecular formula is C23H26. The Morgan fingerprint density at radius 2 is 1.26 bits per heavy atom. The highest BCUT2D eigenvalue weighted by Gasteiger charge is 2.48. The van der Waals surface area contributed by atoms with E-state index in [0.717, 1.165) is 11.1 Å². The molecule has 0 saturated carbocycles. The van der Waals surface area contributed by atoms with Gasteiger partial charge in [0.25, 0.3) is 0 Å². The average Bonchev–Trinajstić information content (AvgIpc) is 2.65. The van der Waals surface area contributed by atoms with Gasteiger partial charge in [-0.25, -0.2) is 0 Å². The van der Waals surface area contributed by atoms with E-state index in [-0.39, 0.29) is 10.8 Å². The molecule has 0 N–H and O–H groups in total. The molecule has 0 amide bonds. The molecule has 3 rings (SSSR count). The van der Waals surface area contributed by atoms with E-state index in [1.165, 1.54) is 16.7 Å². The van der Waals surface area contributed by atoms with Gasteiger partial charge in [0, 0.05) is 11.1 Å². The van der Waals surface area contributed by atoms with E-state index in [1.54, 1.807) is 0 Å². The Balaban J connectivity index is 2.00. The number of benzene rings is 2. The van der Waals surface area contributed by atoms with Gasteiger partial charge in [-0.15, -0.1) is 0 Å². The minimum atomic E-state index is 0.195. The Morgan fingerprint density at radius 1 is 0.739 bits per heavy atom. The second-order valence-electron chi connectivity index (χ2n) is 8.04. The van der Waals surface area contributed by atoms with Crippen LogP contribution in [0.25, 0.3) is 0 Å². The van der Waals surface area contributed by atoms with Crippen LogP contribution in [0.3, 0.4) is 0 Å². The normalized spacial score (nSPS) is 20.5. The third-order valence-corrected chi connectivity index (χ3v) is 5.98. The van der Waals surface area contributed by atoms with E-state index >= 15 is 0 Å². The molecule has 0 aromatic heterocycles. The first-order chi connectivity index (χ1) is 10.7. The molecule has 0 heteroatoms. The van der Waals surface area contributed by atoms with Crippen molar-refractivity contribution in [3.8, 4) is 11.8 Å². The van der Waals surface area contributed by atoms with Gasteiger partial charge in [0.15, 0.2) is 0 Å². The SMILES string of the molecule is Cc1ccc(C#Cc2ccc3c(c2)C(C)(C)C(C)C3(C)C)cc1. The maximum absolute atomic E-state index is 3.34. The summed E-state index contributed by atoms with van der Waals surface area (Å²) in [5, 5.41) is 0. The lowest BCUT2D eigenvalue weighted by Gasteiger charge is -2.32. The van der Waals surface area contributed by atoms with Crippen molar-refractivity contribution < 1.29 is 0 Å². The number of hydrogen-bond acceptors (Lipinski definition) is 0. The summed E-state index contributed by atoms with van der Waals surface area (Å²) >= 11 is 0.